The quantitative estimate of drug-likeness (QED) is 0.353. The molecule has 0 unspecified atom stereocenters. The number of carbonyl (C=O) groups excluding carboxylic acids is 4. The number of Topliss-reactive ketones (excluding diaryl/α,β-unsaturated/α-hetero) is 1. The first-order valence-electron chi connectivity index (χ1n) is 12.5. The number of cyclic esters (lactones) is 1. The second-order valence-corrected chi connectivity index (χ2v) is 9.56. The molecule has 1 aromatic carbocycles. The Labute approximate surface area is 218 Å². The molecule has 1 N–H and O–H groups in total. The van der Waals surface area contributed by atoms with Crippen LogP contribution in [0.15, 0.2) is 41.2 Å². The van der Waals surface area contributed by atoms with E-state index in [1.807, 2.05) is 30.3 Å². The molecule has 4 heterocycles. The zero-order chi connectivity index (χ0) is 27.0. The summed E-state index contributed by atoms with van der Waals surface area (Å²) in [5.41, 5.74) is 1.18. The Morgan fingerprint density at radius 3 is 2.71 bits per heavy atom. The maximum absolute atomic E-state index is 13.5. The molecule has 0 spiro atoms. The lowest BCUT2D eigenvalue weighted by atomic mass is 9.85. The molecule has 5 rings (SSSR count). The molecule has 196 valence electrons. The summed E-state index contributed by atoms with van der Waals surface area (Å²) in [6.45, 7) is 2.74. The van der Waals surface area contributed by atoms with Crippen LogP contribution in [0.25, 0.3) is 22.3 Å². The van der Waals surface area contributed by atoms with Crippen LogP contribution in [0.2, 0.25) is 0 Å². The van der Waals surface area contributed by atoms with Crippen molar-refractivity contribution in [3.8, 4) is 11.4 Å². The van der Waals surface area contributed by atoms with Gasteiger partial charge in [0, 0.05) is 29.4 Å². The highest BCUT2D eigenvalue weighted by Crippen LogP contribution is 2.40. The standard InChI is InChI=1S/C28H27N3O7/c1-3-28(38-24(34)13-29-23(33)10-6-7-16(2)32)20-12-22-25-18(11-17-8-4-5-9-21(17)30-25)14-31(22)26(35)19(20)15-37-27(28)36/h4-5,8-9,11-12H,3,6-7,10,13-15H2,1-2H3,(H,29,33)/t28-/m1/s1. The zero-order valence-electron chi connectivity index (χ0n) is 21.2. The highest BCUT2D eigenvalue weighted by molar-refractivity contribution is 5.89. The van der Waals surface area contributed by atoms with Crippen LogP contribution in [0.5, 0.6) is 0 Å². The van der Waals surface area contributed by atoms with Crippen molar-refractivity contribution in [2.45, 2.75) is 58.3 Å². The summed E-state index contributed by atoms with van der Waals surface area (Å²) in [6.07, 6.45) is 0.750. The summed E-state index contributed by atoms with van der Waals surface area (Å²) in [5.74, 6) is -2.05. The second-order valence-electron chi connectivity index (χ2n) is 9.56. The topological polar surface area (TPSA) is 134 Å². The number of nitrogens with zero attached hydrogens (tertiary/aromatic N) is 2. The highest BCUT2D eigenvalue weighted by atomic mass is 16.6. The number of carbonyl (C=O) groups is 4. The molecule has 1 amide bonds. The molecule has 0 saturated carbocycles. The first-order valence-corrected chi connectivity index (χ1v) is 12.5. The van der Waals surface area contributed by atoms with E-state index in [1.54, 1.807) is 17.6 Å². The molecule has 1 atom stereocenters. The predicted octanol–water partition coefficient (Wildman–Crippen LogP) is 2.51. The molecule has 2 aliphatic rings. The van der Waals surface area contributed by atoms with Gasteiger partial charge in [-0.1, -0.05) is 25.1 Å². The smallest absolute Gasteiger partial charge is 0.355 e. The van der Waals surface area contributed by atoms with Crippen LogP contribution in [0.3, 0.4) is 0 Å². The van der Waals surface area contributed by atoms with Gasteiger partial charge >= 0.3 is 11.9 Å². The largest absolute Gasteiger partial charge is 0.457 e. The summed E-state index contributed by atoms with van der Waals surface area (Å²) in [4.78, 5) is 67.3. The van der Waals surface area contributed by atoms with Gasteiger partial charge in [-0.3, -0.25) is 14.4 Å². The van der Waals surface area contributed by atoms with Crippen molar-refractivity contribution in [2.75, 3.05) is 6.54 Å². The van der Waals surface area contributed by atoms with E-state index >= 15 is 0 Å². The lowest BCUT2D eigenvalue weighted by Gasteiger charge is -2.35. The number of aromatic nitrogens is 2. The Hall–Kier alpha value is -4.34. The number of benzene rings is 1. The van der Waals surface area contributed by atoms with Crippen molar-refractivity contribution in [2.24, 2.45) is 0 Å². The summed E-state index contributed by atoms with van der Waals surface area (Å²) in [6, 6.07) is 11.3. The maximum atomic E-state index is 13.5. The van der Waals surface area contributed by atoms with Crippen molar-refractivity contribution in [3.63, 3.8) is 0 Å². The number of hydrogen-bond acceptors (Lipinski definition) is 8. The minimum absolute atomic E-state index is 0.0232. The molecular weight excluding hydrogens is 490 g/mol. The normalized spacial score (nSPS) is 17.3. The average Bonchev–Trinajstić information content (AvgIpc) is 3.25. The fourth-order valence-electron chi connectivity index (χ4n) is 5.07. The van der Waals surface area contributed by atoms with Crippen molar-refractivity contribution >= 4 is 34.5 Å². The molecule has 10 nitrogen and oxygen atoms in total. The number of esters is 2. The van der Waals surface area contributed by atoms with Gasteiger partial charge in [-0.15, -0.1) is 0 Å². The Morgan fingerprint density at radius 1 is 1.16 bits per heavy atom. The van der Waals surface area contributed by atoms with Gasteiger partial charge in [0.2, 0.25) is 11.5 Å². The van der Waals surface area contributed by atoms with E-state index in [1.165, 1.54) is 6.92 Å². The number of amides is 1. The lowest BCUT2D eigenvalue weighted by Crippen LogP contribution is -2.48. The molecule has 2 aliphatic heterocycles. The van der Waals surface area contributed by atoms with Crippen LogP contribution < -0.4 is 10.9 Å². The number of ether oxygens (including phenoxy) is 2. The van der Waals surface area contributed by atoms with Crippen LogP contribution in [0.1, 0.15) is 56.2 Å². The fraction of sp³-hybridized carbons (Fsp3) is 0.357. The van der Waals surface area contributed by atoms with Crippen molar-refractivity contribution in [1.29, 1.82) is 0 Å². The average molecular weight is 518 g/mol. The van der Waals surface area contributed by atoms with Crippen molar-refractivity contribution in [3.05, 3.63) is 63.4 Å². The number of rotatable bonds is 8. The predicted molar refractivity (Wildman–Crippen MR) is 136 cm³/mol. The van der Waals surface area contributed by atoms with Gasteiger partial charge in [0.1, 0.15) is 18.9 Å². The van der Waals surface area contributed by atoms with Crippen LogP contribution in [0, 0.1) is 0 Å². The molecule has 10 heteroatoms. The van der Waals surface area contributed by atoms with Gasteiger partial charge in [0.25, 0.3) is 5.56 Å². The summed E-state index contributed by atoms with van der Waals surface area (Å²) >= 11 is 0. The van der Waals surface area contributed by atoms with Gasteiger partial charge in [0.05, 0.1) is 29.0 Å². The van der Waals surface area contributed by atoms with E-state index in [0.29, 0.717) is 24.4 Å². The summed E-state index contributed by atoms with van der Waals surface area (Å²) < 4.78 is 12.6. The maximum Gasteiger partial charge on any atom is 0.355 e. The van der Waals surface area contributed by atoms with Crippen LogP contribution in [0.4, 0.5) is 0 Å². The van der Waals surface area contributed by atoms with Gasteiger partial charge < -0.3 is 24.2 Å². The first-order chi connectivity index (χ1) is 18.2. The van der Waals surface area contributed by atoms with Crippen LogP contribution in [-0.4, -0.2) is 39.7 Å². The highest BCUT2D eigenvalue weighted by Gasteiger charge is 2.50. The number of para-hydroxylation sites is 1. The van der Waals surface area contributed by atoms with Crippen molar-refractivity contribution < 1.29 is 28.7 Å². The fourth-order valence-corrected chi connectivity index (χ4v) is 5.07. The van der Waals surface area contributed by atoms with Gasteiger partial charge in [-0.2, -0.15) is 0 Å². The van der Waals surface area contributed by atoms with E-state index < -0.39 is 30.0 Å². The number of pyridine rings is 2. The van der Waals surface area contributed by atoms with E-state index in [9.17, 15) is 24.0 Å². The second kappa shape index (κ2) is 9.85. The van der Waals surface area contributed by atoms with Crippen LogP contribution >= 0.6 is 0 Å². The van der Waals surface area contributed by atoms with E-state index in [0.717, 1.165) is 16.5 Å². The molecule has 38 heavy (non-hydrogen) atoms. The SMILES string of the molecule is CC[C@]1(OC(=O)CNC(=O)CCCC(C)=O)C(=O)OCc2c1cc1n(c2=O)Cc2cc3ccccc3nc2-1. The molecule has 0 saturated heterocycles. The zero-order valence-corrected chi connectivity index (χ0v) is 21.2. The third-order valence-corrected chi connectivity index (χ3v) is 7.04. The van der Waals surface area contributed by atoms with E-state index in [-0.39, 0.29) is 48.3 Å². The molecule has 2 aromatic heterocycles. The van der Waals surface area contributed by atoms with Gasteiger partial charge in [-0.05, 0) is 38.0 Å². The Balaban J connectivity index is 1.46. The minimum Gasteiger partial charge on any atom is -0.457 e. The van der Waals surface area contributed by atoms with E-state index in [2.05, 4.69) is 5.32 Å². The Kier molecular flexibility index (Phi) is 6.56. The molecule has 0 radical (unpaired) electrons. The number of ketones is 1. The third kappa shape index (κ3) is 4.36. The van der Waals surface area contributed by atoms with Crippen molar-refractivity contribution in [1.82, 2.24) is 14.9 Å². The minimum atomic E-state index is -1.83. The van der Waals surface area contributed by atoms with Gasteiger partial charge in [-0.25, -0.2) is 9.78 Å². The monoisotopic (exact) mass is 517 g/mol. The number of nitrogens with one attached hydrogen (secondary N) is 1. The van der Waals surface area contributed by atoms with E-state index in [4.69, 9.17) is 14.5 Å². The molecular formula is C28H27N3O7. The van der Waals surface area contributed by atoms with Crippen LogP contribution in [-0.2, 0) is 47.4 Å². The summed E-state index contributed by atoms with van der Waals surface area (Å²) in [7, 11) is 0. The molecule has 0 aliphatic carbocycles. The molecule has 0 bridgehead atoms. The third-order valence-electron chi connectivity index (χ3n) is 7.04. The lowest BCUT2D eigenvalue weighted by molar-refractivity contribution is -0.189. The number of fused-ring (bicyclic) bond motifs is 5. The summed E-state index contributed by atoms with van der Waals surface area (Å²) in [5, 5.41) is 3.41. The van der Waals surface area contributed by atoms with Gasteiger partial charge in [0.15, 0.2) is 0 Å². The number of hydrogen-bond donors (Lipinski definition) is 1. The first kappa shape index (κ1) is 25.3. The Bertz CT molecular complexity index is 1560. The molecule has 0 fully saturated rings. The Morgan fingerprint density at radius 2 is 1.95 bits per heavy atom. The molecule has 3 aromatic rings.